The molecule has 1 aliphatic carbocycles. The molecular formula is C20H41O14P. The first kappa shape index (κ1) is 34.3. The van der Waals surface area contributed by atoms with Crippen LogP contribution in [0.3, 0.4) is 0 Å². The van der Waals surface area contributed by atoms with Crippen LogP contribution in [0.2, 0.25) is 0 Å². The van der Waals surface area contributed by atoms with E-state index in [0.29, 0.717) is 12.2 Å². The Labute approximate surface area is 205 Å². The van der Waals surface area contributed by atoms with E-state index >= 15 is 0 Å². The summed E-state index contributed by atoms with van der Waals surface area (Å²) in [5, 5.41) is 25.8. The van der Waals surface area contributed by atoms with Gasteiger partial charge in [-0.25, -0.2) is 14.3 Å². The molecule has 0 spiro atoms. The van der Waals surface area contributed by atoms with Crippen molar-refractivity contribution < 1.29 is 69.0 Å². The van der Waals surface area contributed by atoms with Crippen molar-refractivity contribution in [2.75, 3.05) is 13.7 Å². The van der Waals surface area contributed by atoms with E-state index in [0.717, 1.165) is 38.5 Å². The summed E-state index contributed by atoms with van der Waals surface area (Å²) in [6.45, 7) is 2.34. The Morgan fingerprint density at radius 2 is 1.46 bits per heavy atom. The van der Waals surface area contributed by atoms with Gasteiger partial charge in [0.25, 0.3) is 0 Å². The normalized spacial score (nSPS) is 15.1. The molecule has 0 unspecified atom stereocenters. The number of hydrogen-bond acceptors (Lipinski definition) is 11. The molecule has 0 aromatic carbocycles. The van der Waals surface area contributed by atoms with Crippen LogP contribution in [0.1, 0.15) is 96.8 Å². The molecule has 3 N–H and O–H groups in total. The lowest BCUT2D eigenvalue weighted by Gasteiger charge is -2.18. The van der Waals surface area contributed by atoms with E-state index in [-0.39, 0.29) is 12.7 Å². The topological polar surface area (TPSA) is 170 Å². The van der Waals surface area contributed by atoms with Gasteiger partial charge in [-0.2, -0.15) is 4.89 Å². The smallest absolute Gasteiger partial charge is 0.313 e. The third kappa shape index (κ3) is 29.4. The molecule has 0 aromatic heterocycles. The molecule has 0 radical (unpaired) electrons. The largest absolute Gasteiger partial charge is 0.466 e. The summed E-state index contributed by atoms with van der Waals surface area (Å²) in [5.74, 6) is 0.563. The molecule has 14 nitrogen and oxygen atoms in total. The number of phosphoric acid groups is 1. The van der Waals surface area contributed by atoms with Gasteiger partial charge in [0.2, 0.25) is 0 Å². The average Bonchev–Trinajstić information content (AvgIpc) is 2.82. The molecule has 210 valence electrons. The van der Waals surface area contributed by atoms with Gasteiger partial charge >= 0.3 is 7.82 Å². The van der Waals surface area contributed by atoms with Crippen molar-refractivity contribution >= 4 is 7.82 Å². The minimum atomic E-state index is -4.64. The Kier molecular flexibility index (Phi) is 24.5. The van der Waals surface area contributed by atoms with Gasteiger partial charge in [0.1, 0.15) is 5.76 Å². The highest BCUT2D eigenvalue weighted by molar-refractivity contribution is 7.45. The predicted octanol–water partition coefficient (Wildman–Crippen LogP) is 4.92. The predicted molar refractivity (Wildman–Crippen MR) is 118 cm³/mol. The molecule has 1 aliphatic rings. The lowest BCUT2D eigenvalue weighted by Crippen LogP contribution is -2.17. The van der Waals surface area contributed by atoms with Crippen LogP contribution in [0.25, 0.3) is 0 Å². The highest BCUT2D eigenvalue weighted by Crippen LogP contribution is 2.25. The lowest BCUT2D eigenvalue weighted by atomic mass is 9.98. The minimum absolute atomic E-state index is 0.0000961. The zero-order valence-corrected chi connectivity index (χ0v) is 21.4. The Balaban J connectivity index is 0.00000209. The number of rotatable bonds is 21. The van der Waals surface area contributed by atoms with Gasteiger partial charge in [0, 0.05) is 6.42 Å². The van der Waals surface area contributed by atoms with Crippen LogP contribution < -0.4 is 0 Å². The van der Waals surface area contributed by atoms with Crippen LogP contribution in [0.4, 0.5) is 0 Å². The van der Waals surface area contributed by atoms with Gasteiger partial charge in [-0.1, -0.05) is 64.7 Å². The van der Waals surface area contributed by atoms with Crippen molar-refractivity contribution in [1.82, 2.24) is 0 Å². The van der Waals surface area contributed by atoms with E-state index in [9.17, 15) is 0 Å². The van der Waals surface area contributed by atoms with Crippen LogP contribution in [0, 0.1) is 0 Å². The molecule has 0 aromatic rings. The second kappa shape index (κ2) is 25.0. The van der Waals surface area contributed by atoms with E-state index in [1.54, 1.807) is 0 Å². The maximum Gasteiger partial charge on any atom is 0.466 e. The second-order valence-corrected chi connectivity index (χ2v) is 8.71. The third-order valence-electron chi connectivity index (χ3n) is 4.71. The van der Waals surface area contributed by atoms with E-state index in [1.165, 1.54) is 52.1 Å². The molecule has 1 rings (SSSR count). The van der Waals surface area contributed by atoms with E-state index in [4.69, 9.17) is 33.9 Å². The maximum atomic E-state index is 8.88. The quantitative estimate of drug-likeness (QED) is 0.0593. The molecule has 35 heavy (non-hydrogen) atoms. The Bertz CT molecular complexity index is 516. The first-order valence-electron chi connectivity index (χ1n) is 11.8. The summed E-state index contributed by atoms with van der Waals surface area (Å²) in [4.78, 5) is 40.8. The van der Waals surface area contributed by atoms with Gasteiger partial charge < -0.3 is 19.6 Å². The molecule has 1 saturated carbocycles. The van der Waals surface area contributed by atoms with Crippen molar-refractivity contribution in [2.24, 2.45) is 0 Å². The fourth-order valence-electron chi connectivity index (χ4n) is 3.08. The van der Waals surface area contributed by atoms with E-state index < -0.39 is 7.82 Å². The standard InChI is InChI=1S/C20H38O10.H3O4P/c1-3-4-5-6-7-8-9-11-16-20(23-25-21-2)17-18-22-26-28-30-29-27-24-19-14-12-10-13-15-19;1-5(2,3)4/h16,19H,3-15,17-18H2,1-2H3;(H3,1,2,3,4). The highest BCUT2D eigenvalue weighted by atomic mass is 31.2. The molecule has 0 amide bonds. The fraction of sp³-hybridized carbons (Fsp3) is 0.900. The molecule has 0 heterocycles. The van der Waals surface area contributed by atoms with Crippen molar-refractivity contribution in [2.45, 2.75) is 103 Å². The Hall–Kier alpha value is -0.710. The summed E-state index contributed by atoms with van der Waals surface area (Å²) >= 11 is 0. The summed E-state index contributed by atoms with van der Waals surface area (Å²) in [7, 11) is -3.28. The molecule has 0 bridgehead atoms. The fourth-order valence-corrected chi connectivity index (χ4v) is 3.08. The van der Waals surface area contributed by atoms with Gasteiger partial charge in [0.15, 0.2) is 0 Å². The molecule has 0 atom stereocenters. The monoisotopic (exact) mass is 536 g/mol. The van der Waals surface area contributed by atoms with Crippen LogP contribution in [0.15, 0.2) is 11.8 Å². The van der Waals surface area contributed by atoms with Crippen molar-refractivity contribution in [3.8, 4) is 0 Å². The Morgan fingerprint density at radius 1 is 0.857 bits per heavy atom. The molecule has 0 saturated heterocycles. The zero-order valence-electron chi connectivity index (χ0n) is 20.5. The van der Waals surface area contributed by atoms with Gasteiger partial charge in [-0.3, -0.25) is 0 Å². The Morgan fingerprint density at radius 3 is 2.11 bits per heavy atom. The third-order valence-corrected chi connectivity index (χ3v) is 4.71. The lowest BCUT2D eigenvalue weighted by molar-refractivity contribution is -0.792. The van der Waals surface area contributed by atoms with Gasteiger partial charge in [-0.05, 0) is 62.0 Å². The summed E-state index contributed by atoms with van der Waals surface area (Å²) < 4.78 is 8.88. The van der Waals surface area contributed by atoms with Crippen molar-refractivity contribution in [3.05, 3.63) is 11.8 Å². The van der Waals surface area contributed by atoms with E-state index in [2.05, 4.69) is 42.0 Å². The van der Waals surface area contributed by atoms with Crippen molar-refractivity contribution in [1.29, 1.82) is 0 Å². The SMILES string of the molecule is CCCCCCCCCC=C(CCOOOOOOOC1CCCCC1)OOOC.O=P(O)(O)O. The van der Waals surface area contributed by atoms with Gasteiger partial charge in [0.05, 0.1) is 19.8 Å². The average molecular weight is 537 g/mol. The number of unbranched alkanes of at least 4 members (excludes halogenated alkanes) is 7. The van der Waals surface area contributed by atoms with Crippen LogP contribution in [-0.4, -0.2) is 34.5 Å². The van der Waals surface area contributed by atoms with E-state index in [1.807, 2.05) is 6.08 Å². The van der Waals surface area contributed by atoms with Crippen molar-refractivity contribution in [3.63, 3.8) is 0 Å². The summed E-state index contributed by atoms with van der Waals surface area (Å²) in [6, 6.07) is 0. The number of allylic oxidation sites excluding steroid dienone is 1. The molecule has 0 aliphatic heterocycles. The first-order valence-corrected chi connectivity index (χ1v) is 13.4. The molecule has 1 fully saturated rings. The van der Waals surface area contributed by atoms with Gasteiger partial charge in [-0.15, -0.1) is 0 Å². The zero-order chi connectivity index (χ0) is 26.0. The summed E-state index contributed by atoms with van der Waals surface area (Å²) in [5.41, 5.74) is 0. The van der Waals surface area contributed by atoms with Crippen LogP contribution in [-0.2, 0) is 54.3 Å². The maximum absolute atomic E-state index is 8.88. The van der Waals surface area contributed by atoms with Crippen LogP contribution in [0.5, 0.6) is 0 Å². The first-order chi connectivity index (χ1) is 16.9. The summed E-state index contributed by atoms with van der Waals surface area (Å²) in [6.07, 6.45) is 17.2. The second-order valence-electron chi connectivity index (χ2n) is 7.68. The molecule has 15 heteroatoms. The minimum Gasteiger partial charge on any atom is -0.313 e. The van der Waals surface area contributed by atoms with Crippen LogP contribution >= 0.6 is 7.82 Å². The molecular weight excluding hydrogens is 495 g/mol. The number of hydrogen-bond donors (Lipinski definition) is 3. The highest BCUT2D eigenvalue weighted by Gasteiger charge is 2.15.